The van der Waals surface area contributed by atoms with Crippen molar-refractivity contribution in [2.75, 3.05) is 13.1 Å². The van der Waals surface area contributed by atoms with E-state index in [9.17, 15) is 0 Å². The molecule has 0 aromatic heterocycles. The predicted molar refractivity (Wildman–Crippen MR) is 67.6 cm³/mol. The molecule has 1 aliphatic heterocycles. The van der Waals surface area contributed by atoms with Gasteiger partial charge in [-0.15, -0.1) is 0 Å². The summed E-state index contributed by atoms with van der Waals surface area (Å²) in [7, 11) is 0. The maximum Gasteiger partial charge on any atom is 0.0612 e. The van der Waals surface area contributed by atoms with E-state index in [2.05, 4.69) is 32.6 Å². The predicted octanol–water partition coefficient (Wildman–Crippen LogP) is 3.06. The van der Waals surface area contributed by atoms with Gasteiger partial charge in [0.2, 0.25) is 0 Å². The van der Waals surface area contributed by atoms with E-state index in [0.717, 1.165) is 12.0 Å². The van der Waals surface area contributed by atoms with Crippen molar-refractivity contribution in [1.82, 2.24) is 4.90 Å². The van der Waals surface area contributed by atoms with Gasteiger partial charge in [0.05, 0.1) is 11.7 Å². The molecule has 0 N–H and O–H groups in total. The monoisotopic (exact) mass is 225 g/mol. The average Bonchev–Trinajstić information content (AvgIpc) is 2.11. The number of nitrogens with zero attached hydrogens (tertiary/aromatic N) is 1. The van der Waals surface area contributed by atoms with Gasteiger partial charge in [-0.1, -0.05) is 6.92 Å². The smallest absolute Gasteiger partial charge is 0.0612 e. The molecule has 16 heavy (non-hydrogen) atoms. The third-order valence-corrected chi connectivity index (χ3v) is 3.92. The Hall–Kier alpha value is -0.0800. The van der Waals surface area contributed by atoms with Gasteiger partial charge in [0.15, 0.2) is 0 Å². The molecule has 2 aliphatic rings. The highest BCUT2D eigenvalue weighted by molar-refractivity contribution is 4.90. The van der Waals surface area contributed by atoms with E-state index in [-0.39, 0.29) is 5.60 Å². The molecule has 0 unspecified atom stereocenters. The van der Waals surface area contributed by atoms with Crippen molar-refractivity contribution in [3.63, 3.8) is 0 Å². The fraction of sp³-hybridized carbons (Fsp3) is 1.00. The molecule has 2 fully saturated rings. The van der Waals surface area contributed by atoms with Crippen molar-refractivity contribution in [3.05, 3.63) is 0 Å². The van der Waals surface area contributed by atoms with E-state index in [1.165, 1.54) is 38.8 Å². The lowest BCUT2D eigenvalue weighted by atomic mass is 9.85. The Morgan fingerprint density at radius 3 is 2.12 bits per heavy atom. The molecule has 0 spiro atoms. The van der Waals surface area contributed by atoms with Crippen LogP contribution in [-0.4, -0.2) is 35.7 Å². The minimum atomic E-state index is 0.0338. The minimum Gasteiger partial charge on any atom is -0.373 e. The summed E-state index contributed by atoms with van der Waals surface area (Å²) >= 11 is 0. The van der Waals surface area contributed by atoms with Crippen LogP contribution >= 0.6 is 0 Å². The van der Waals surface area contributed by atoms with E-state index in [4.69, 9.17) is 4.74 Å². The van der Waals surface area contributed by atoms with Gasteiger partial charge in [-0.25, -0.2) is 0 Å². The molecule has 1 aliphatic carbocycles. The van der Waals surface area contributed by atoms with Crippen molar-refractivity contribution < 1.29 is 4.74 Å². The Balaban J connectivity index is 1.68. The van der Waals surface area contributed by atoms with Crippen LogP contribution in [0, 0.1) is 5.92 Å². The Bertz CT molecular complexity index is 219. The first-order chi connectivity index (χ1) is 7.44. The highest BCUT2D eigenvalue weighted by atomic mass is 16.5. The summed E-state index contributed by atoms with van der Waals surface area (Å²) < 4.78 is 5.99. The van der Waals surface area contributed by atoms with Crippen LogP contribution in [-0.2, 0) is 4.74 Å². The zero-order chi connectivity index (χ0) is 11.8. The van der Waals surface area contributed by atoms with Gasteiger partial charge < -0.3 is 9.64 Å². The lowest BCUT2D eigenvalue weighted by Gasteiger charge is -2.46. The maximum absolute atomic E-state index is 5.99. The topological polar surface area (TPSA) is 12.5 Å². The Morgan fingerprint density at radius 2 is 1.62 bits per heavy atom. The molecular formula is C14H27NO. The van der Waals surface area contributed by atoms with Crippen LogP contribution in [0.3, 0.4) is 0 Å². The van der Waals surface area contributed by atoms with Gasteiger partial charge in [0, 0.05) is 6.04 Å². The molecule has 94 valence electrons. The fourth-order valence-corrected chi connectivity index (χ4v) is 2.83. The number of piperidine rings is 1. The number of hydrogen-bond acceptors (Lipinski definition) is 2. The van der Waals surface area contributed by atoms with Crippen LogP contribution in [0.25, 0.3) is 0 Å². The Labute approximate surface area is 100 Å². The van der Waals surface area contributed by atoms with E-state index in [0.29, 0.717) is 6.10 Å². The van der Waals surface area contributed by atoms with Crippen LogP contribution < -0.4 is 0 Å². The van der Waals surface area contributed by atoms with Crippen molar-refractivity contribution in [2.24, 2.45) is 5.92 Å². The molecule has 0 atom stereocenters. The van der Waals surface area contributed by atoms with Crippen LogP contribution in [0.5, 0.6) is 0 Å². The summed E-state index contributed by atoms with van der Waals surface area (Å²) in [5.74, 6) is 0.943. The third-order valence-electron chi connectivity index (χ3n) is 3.92. The quantitative estimate of drug-likeness (QED) is 0.716. The first-order valence-corrected chi connectivity index (χ1v) is 6.86. The molecule has 1 saturated carbocycles. The standard InChI is InChI=1S/C14H27NO/c1-11-5-7-15(8-6-11)12-9-13(10-12)16-14(2,3)4/h11-13H,5-10H2,1-4H3. The molecule has 2 nitrogen and oxygen atoms in total. The second kappa shape index (κ2) is 4.66. The highest BCUT2D eigenvalue weighted by Crippen LogP contribution is 2.33. The van der Waals surface area contributed by atoms with Crippen LogP contribution in [0.1, 0.15) is 53.4 Å². The summed E-state index contributed by atoms with van der Waals surface area (Å²) in [6, 6.07) is 0.819. The van der Waals surface area contributed by atoms with Gasteiger partial charge in [-0.2, -0.15) is 0 Å². The lowest BCUT2D eigenvalue weighted by Crippen LogP contribution is -2.52. The van der Waals surface area contributed by atoms with Gasteiger partial charge in [0.25, 0.3) is 0 Å². The number of ether oxygens (including phenoxy) is 1. The zero-order valence-electron chi connectivity index (χ0n) is 11.3. The molecule has 0 amide bonds. The van der Waals surface area contributed by atoms with Crippen molar-refractivity contribution >= 4 is 0 Å². The van der Waals surface area contributed by atoms with Gasteiger partial charge in [-0.05, 0) is 65.5 Å². The summed E-state index contributed by atoms with van der Waals surface area (Å²) in [4.78, 5) is 2.68. The molecule has 0 radical (unpaired) electrons. The normalized spacial score (nSPS) is 33.8. The molecule has 2 heteroatoms. The Morgan fingerprint density at radius 1 is 1.06 bits per heavy atom. The number of hydrogen-bond donors (Lipinski definition) is 0. The number of rotatable bonds is 2. The molecule has 1 saturated heterocycles. The molecule has 0 aromatic carbocycles. The summed E-state index contributed by atoms with van der Waals surface area (Å²) in [5.41, 5.74) is 0.0338. The number of likely N-dealkylation sites (tertiary alicyclic amines) is 1. The zero-order valence-corrected chi connectivity index (χ0v) is 11.3. The summed E-state index contributed by atoms with van der Waals surface area (Å²) in [6.45, 7) is 11.5. The van der Waals surface area contributed by atoms with E-state index in [1.807, 2.05) is 0 Å². The molecular weight excluding hydrogens is 198 g/mol. The van der Waals surface area contributed by atoms with E-state index < -0.39 is 0 Å². The molecule has 0 aromatic rings. The minimum absolute atomic E-state index is 0.0338. The van der Waals surface area contributed by atoms with Gasteiger partial charge >= 0.3 is 0 Å². The fourth-order valence-electron chi connectivity index (χ4n) is 2.83. The van der Waals surface area contributed by atoms with Crippen molar-refractivity contribution in [2.45, 2.75) is 71.1 Å². The first-order valence-electron chi connectivity index (χ1n) is 6.86. The van der Waals surface area contributed by atoms with Crippen LogP contribution in [0.2, 0.25) is 0 Å². The van der Waals surface area contributed by atoms with Crippen molar-refractivity contribution in [1.29, 1.82) is 0 Å². The SMILES string of the molecule is CC1CCN(C2CC(OC(C)(C)C)C2)CC1. The second-order valence-corrected chi connectivity index (χ2v) is 6.70. The first kappa shape index (κ1) is 12.4. The summed E-state index contributed by atoms with van der Waals surface area (Å²) in [5, 5.41) is 0. The Kier molecular flexibility index (Phi) is 3.60. The van der Waals surface area contributed by atoms with E-state index >= 15 is 0 Å². The molecule has 1 heterocycles. The summed E-state index contributed by atoms with van der Waals surface area (Å²) in [6.07, 6.45) is 5.81. The van der Waals surface area contributed by atoms with Crippen LogP contribution in [0.4, 0.5) is 0 Å². The lowest BCUT2D eigenvalue weighted by molar-refractivity contribution is -0.122. The van der Waals surface area contributed by atoms with Gasteiger partial charge in [0.1, 0.15) is 0 Å². The van der Waals surface area contributed by atoms with Crippen LogP contribution in [0.15, 0.2) is 0 Å². The largest absolute Gasteiger partial charge is 0.373 e. The van der Waals surface area contributed by atoms with Crippen molar-refractivity contribution in [3.8, 4) is 0 Å². The highest BCUT2D eigenvalue weighted by Gasteiger charge is 2.37. The third kappa shape index (κ3) is 3.21. The van der Waals surface area contributed by atoms with Gasteiger partial charge in [-0.3, -0.25) is 0 Å². The second-order valence-electron chi connectivity index (χ2n) is 6.70. The maximum atomic E-state index is 5.99. The molecule has 0 bridgehead atoms. The van der Waals surface area contributed by atoms with E-state index in [1.54, 1.807) is 0 Å². The molecule has 2 rings (SSSR count). The average molecular weight is 225 g/mol.